The number of nitrogens with zero attached hydrogens (tertiary/aromatic N) is 2. The highest BCUT2D eigenvalue weighted by Crippen LogP contribution is 2.22. The van der Waals surface area contributed by atoms with Crippen molar-refractivity contribution in [2.75, 3.05) is 6.61 Å². The number of ether oxygens (including phenoxy) is 1. The van der Waals surface area contributed by atoms with E-state index in [1.165, 1.54) is 0 Å². The smallest absolute Gasteiger partial charge is 0.317 e. The summed E-state index contributed by atoms with van der Waals surface area (Å²) >= 11 is 3.12. The summed E-state index contributed by atoms with van der Waals surface area (Å²) < 4.78 is 11.4. The summed E-state index contributed by atoms with van der Waals surface area (Å²) in [6.45, 7) is 2.31. The fourth-order valence-corrected chi connectivity index (χ4v) is 2.90. The van der Waals surface area contributed by atoms with Gasteiger partial charge < -0.3 is 14.3 Å². The van der Waals surface area contributed by atoms with Crippen LogP contribution < -0.4 is 4.74 Å². The number of pyridine rings is 1. The second-order valence-electron chi connectivity index (χ2n) is 6.00. The van der Waals surface area contributed by atoms with Gasteiger partial charge in [0.2, 0.25) is 11.8 Å². The predicted molar refractivity (Wildman–Crippen MR) is 104 cm³/mol. The SMILES string of the molecule is Cc1oc(-c2ccccc2)nc1CCOc1ccc(CC(Br)C(=O)O)cn1. The van der Waals surface area contributed by atoms with Crippen LogP contribution in [0.25, 0.3) is 11.5 Å². The molecule has 2 heterocycles. The van der Waals surface area contributed by atoms with Crippen LogP contribution in [0.15, 0.2) is 53.1 Å². The zero-order chi connectivity index (χ0) is 19.2. The molecule has 0 bridgehead atoms. The monoisotopic (exact) mass is 430 g/mol. The number of alkyl halides is 1. The maximum Gasteiger partial charge on any atom is 0.317 e. The molecule has 0 saturated carbocycles. The van der Waals surface area contributed by atoms with Gasteiger partial charge in [-0.05, 0) is 31.0 Å². The Labute approximate surface area is 165 Å². The number of carboxylic acids is 1. The molecule has 1 aromatic carbocycles. The summed E-state index contributed by atoms with van der Waals surface area (Å²) in [6.07, 6.45) is 2.60. The lowest BCUT2D eigenvalue weighted by Gasteiger charge is -2.07. The van der Waals surface area contributed by atoms with Crippen molar-refractivity contribution in [3.63, 3.8) is 0 Å². The highest BCUT2D eigenvalue weighted by molar-refractivity contribution is 9.10. The standard InChI is InChI=1S/C20H19BrN2O4/c1-13-17(23-19(27-13)15-5-3-2-4-6-15)9-10-26-18-8-7-14(12-22-18)11-16(21)20(24)25/h2-8,12,16H,9-11H2,1H3,(H,24,25). The average Bonchev–Trinajstić information content (AvgIpc) is 3.04. The van der Waals surface area contributed by atoms with E-state index in [1.54, 1.807) is 12.3 Å². The molecule has 140 valence electrons. The summed E-state index contributed by atoms with van der Waals surface area (Å²) in [5, 5.41) is 8.91. The number of aromatic nitrogens is 2. The molecule has 0 aliphatic heterocycles. The molecule has 1 atom stereocenters. The average molecular weight is 431 g/mol. The molecule has 0 amide bonds. The van der Waals surface area contributed by atoms with E-state index in [0.29, 0.717) is 31.2 Å². The minimum atomic E-state index is -0.895. The third kappa shape index (κ3) is 5.17. The number of carboxylic acid groups (broad SMARTS) is 1. The number of aryl methyl sites for hydroxylation is 1. The molecule has 3 aromatic rings. The van der Waals surface area contributed by atoms with E-state index in [-0.39, 0.29) is 0 Å². The fourth-order valence-electron chi connectivity index (χ4n) is 2.53. The van der Waals surface area contributed by atoms with E-state index < -0.39 is 10.8 Å². The van der Waals surface area contributed by atoms with Crippen LogP contribution in [0.3, 0.4) is 0 Å². The van der Waals surface area contributed by atoms with E-state index in [0.717, 1.165) is 22.6 Å². The molecular formula is C20H19BrN2O4. The molecule has 0 radical (unpaired) electrons. The molecule has 0 fully saturated rings. The van der Waals surface area contributed by atoms with Crippen LogP contribution in [0.1, 0.15) is 17.0 Å². The van der Waals surface area contributed by atoms with Gasteiger partial charge in [0.05, 0.1) is 12.3 Å². The van der Waals surface area contributed by atoms with Gasteiger partial charge in [0.1, 0.15) is 10.6 Å². The summed E-state index contributed by atoms with van der Waals surface area (Å²) in [4.78, 5) is 19.0. The first kappa shape index (κ1) is 19.1. The van der Waals surface area contributed by atoms with Gasteiger partial charge in [-0.3, -0.25) is 4.79 Å². The first-order valence-corrected chi connectivity index (χ1v) is 9.41. The lowest BCUT2D eigenvalue weighted by Crippen LogP contribution is -2.15. The minimum absolute atomic E-state index is 0.364. The van der Waals surface area contributed by atoms with E-state index in [2.05, 4.69) is 25.9 Å². The summed E-state index contributed by atoms with van der Waals surface area (Å²) in [7, 11) is 0. The molecule has 0 aliphatic carbocycles. The van der Waals surface area contributed by atoms with E-state index >= 15 is 0 Å². The minimum Gasteiger partial charge on any atom is -0.480 e. The van der Waals surface area contributed by atoms with Crippen LogP contribution in [0.2, 0.25) is 0 Å². The molecular weight excluding hydrogens is 412 g/mol. The third-order valence-corrected chi connectivity index (χ3v) is 4.70. The van der Waals surface area contributed by atoms with Gasteiger partial charge >= 0.3 is 5.97 Å². The van der Waals surface area contributed by atoms with Crippen molar-refractivity contribution >= 4 is 21.9 Å². The molecule has 0 spiro atoms. The fraction of sp³-hybridized carbons (Fsp3) is 0.250. The maximum atomic E-state index is 10.9. The third-order valence-electron chi connectivity index (χ3n) is 3.98. The van der Waals surface area contributed by atoms with Crippen LogP contribution in [0, 0.1) is 6.92 Å². The summed E-state index contributed by atoms with van der Waals surface area (Å²) in [5.74, 6) is 0.976. The van der Waals surface area contributed by atoms with Gasteiger partial charge in [-0.25, -0.2) is 9.97 Å². The number of aliphatic carboxylic acids is 1. The number of carbonyl (C=O) groups is 1. The van der Waals surface area contributed by atoms with Crippen LogP contribution >= 0.6 is 15.9 Å². The predicted octanol–water partition coefficient (Wildman–Crippen LogP) is 4.06. The van der Waals surface area contributed by atoms with Crippen molar-refractivity contribution in [1.82, 2.24) is 9.97 Å². The Morgan fingerprint density at radius 2 is 2.04 bits per heavy atom. The number of benzene rings is 1. The van der Waals surface area contributed by atoms with Crippen LogP contribution in [-0.4, -0.2) is 32.5 Å². The van der Waals surface area contributed by atoms with Gasteiger partial charge in [-0.2, -0.15) is 0 Å². The van der Waals surface area contributed by atoms with Crippen molar-refractivity contribution < 1.29 is 19.1 Å². The van der Waals surface area contributed by atoms with Crippen molar-refractivity contribution in [2.24, 2.45) is 0 Å². The van der Waals surface area contributed by atoms with Gasteiger partial charge in [-0.15, -0.1) is 0 Å². The van der Waals surface area contributed by atoms with Crippen molar-refractivity contribution in [3.05, 3.63) is 65.7 Å². The highest BCUT2D eigenvalue weighted by Gasteiger charge is 2.14. The summed E-state index contributed by atoms with van der Waals surface area (Å²) in [5.41, 5.74) is 2.62. The lowest BCUT2D eigenvalue weighted by molar-refractivity contribution is -0.136. The molecule has 27 heavy (non-hydrogen) atoms. The molecule has 3 rings (SSSR count). The molecule has 6 nitrogen and oxygen atoms in total. The molecule has 1 unspecified atom stereocenters. The van der Waals surface area contributed by atoms with Gasteiger partial charge in [0.15, 0.2) is 0 Å². The Balaban J connectivity index is 1.54. The van der Waals surface area contributed by atoms with Crippen molar-refractivity contribution in [2.45, 2.75) is 24.6 Å². The second-order valence-corrected chi connectivity index (χ2v) is 7.11. The van der Waals surface area contributed by atoms with E-state index in [9.17, 15) is 4.79 Å². The Kier molecular flexibility index (Phi) is 6.24. The number of halogens is 1. The van der Waals surface area contributed by atoms with Gasteiger partial charge in [0, 0.05) is 24.2 Å². The van der Waals surface area contributed by atoms with E-state index in [4.69, 9.17) is 14.3 Å². The first-order valence-electron chi connectivity index (χ1n) is 8.49. The lowest BCUT2D eigenvalue weighted by atomic mass is 10.1. The van der Waals surface area contributed by atoms with E-state index in [1.807, 2.05) is 43.3 Å². The molecule has 2 aromatic heterocycles. The number of hydrogen-bond donors (Lipinski definition) is 1. The van der Waals surface area contributed by atoms with Crippen LogP contribution in [0.5, 0.6) is 5.88 Å². The maximum absolute atomic E-state index is 10.9. The van der Waals surface area contributed by atoms with Crippen LogP contribution in [-0.2, 0) is 17.6 Å². The Morgan fingerprint density at radius 3 is 2.70 bits per heavy atom. The summed E-state index contributed by atoms with van der Waals surface area (Å²) in [6, 6.07) is 13.3. The number of oxazole rings is 1. The first-order chi connectivity index (χ1) is 13.0. The Morgan fingerprint density at radius 1 is 1.26 bits per heavy atom. The second kappa shape index (κ2) is 8.81. The molecule has 7 heteroatoms. The van der Waals surface area contributed by atoms with Crippen molar-refractivity contribution in [3.8, 4) is 17.3 Å². The van der Waals surface area contributed by atoms with Crippen molar-refractivity contribution in [1.29, 1.82) is 0 Å². The number of hydrogen-bond acceptors (Lipinski definition) is 5. The molecule has 0 aliphatic rings. The molecule has 1 N–H and O–H groups in total. The normalized spacial score (nSPS) is 11.9. The zero-order valence-corrected chi connectivity index (χ0v) is 16.3. The quantitative estimate of drug-likeness (QED) is 0.542. The largest absolute Gasteiger partial charge is 0.480 e. The Bertz CT molecular complexity index is 894. The molecule has 0 saturated heterocycles. The zero-order valence-electron chi connectivity index (χ0n) is 14.8. The Hall–Kier alpha value is -2.67. The van der Waals surface area contributed by atoms with Crippen LogP contribution in [0.4, 0.5) is 0 Å². The highest BCUT2D eigenvalue weighted by atomic mass is 79.9. The van der Waals surface area contributed by atoms with Gasteiger partial charge in [-0.1, -0.05) is 40.2 Å². The number of rotatable bonds is 8. The topological polar surface area (TPSA) is 85.5 Å². The van der Waals surface area contributed by atoms with Gasteiger partial charge in [0.25, 0.3) is 0 Å².